The van der Waals surface area contributed by atoms with Gasteiger partial charge in [0.25, 0.3) is 11.7 Å². The molecule has 2 heterocycles. The molecule has 41 heavy (non-hydrogen) atoms. The Hall–Kier alpha value is -4.33. The number of hydrogen-bond acceptors (Lipinski definition) is 7. The summed E-state index contributed by atoms with van der Waals surface area (Å²) in [5.41, 5.74) is 1.81. The van der Waals surface area contributed by atoms with Crippen molar-refractivity contribution in [3.8, 4) is 17.2 Å². The number of amides is 1. The van der Waals surface area contributed by atoms with Crippen LogP contribution in [0.15, 0.2) is 72.6 Å². The third-order valence-electron chi connectivity index (χ3n) is 6.75. The summed E-state index contributed by atoms with van der Waals surface area (Å²) in [5.74, 6) is 0.549. The van der Waals surface area contributed by atoms with Crippen molar-refractivity contribution in [1.82, 2.24) is 9.88 Å². The molecule has 216 valence electrons. The summed E-state index contributed by atoms with van der Waals surface area (Å²) in [4.78, 5) is 32.5. The summed E-state index contributed by atoms with van der Waals surface area (Å²) >= 11 is 0. The van der Waals surface area contributed by atoms with Crippen LogP contribution < -0.4 is 14.2 Å². The lowest BCUT2D eigenvalue weighted by atomic mass is 9.94. The molecule has 0 spiro atoms. The van der Waals surface area contributed by atoms with E-state index in [2.05, 4.69) is 18.8 Å². The van der Waals surface area contributed by atoms with E-state index in [-0.39, 0.29) is 17.9 Å². The van der Waals surface area contributed by atoms with Gasteiger partial charge in [0.2, 0.25) is 0 Å². The molecule has 1 saturated heterocycles. The van der Waals surface area contributed by atoms with Crippen LogP contribution in [0.1, 0.15) is 63.3 Å². The maximum Gasteiger partial charge on any atom is 0.295 e. The van der Waals surface area contributed by atoms with E-state index in [4.69, 9.17) is 14.2 Å². The predicted octanol–water partition coefficient (Wildman–Crippen LogP) is 6.32. The molecule has 3 aromatic rings. The fourth-order valence-electron chi connectivity index (χ4n) is 4.65. The molecule has 1 aromatic heterocycles. The Kier molecular flexibility index (Phi) is 10.0. The number of nitrogens with zero attached hydrogens (tertiary/aromatic N) is 2. The van der Waals surface area contributed by atoms with Crippen molar-refractivity contribution in [3.05, 3.63) is 89.3 Å². The van der Waals surface area contributed by atoms with Crippen molar-refractivity contribution in [2.75, 3.05) is 19.8 Å². The van der Waals surface area contributed by atoms with E-state index in [1.54, 1.807) is 54.9 Å². The van der Waals surface area contributed by atoms with Gasteiger partial charge in [-0.15, -0.1) is 0 Å². The summed E-state index contributed by atoms with van der Waals surface area (Å²) in [5, 5.41) is 11.5. The first-order chi connectivity index (χ1) is 19.8. The molecule has 0 aliphatic carbocycles. The Morgan fingerprint density at radius 2 is 1.76 bits per heavy atom. The van der Waals surface area contributed by atoms with Gasteiger partial charge < -0.3 is 24.2 Å². The second-order valence-corrected chi connectivity index (χ2v) is 10.3. The molecule has 1 aliphatic rings. The number of carbonyl (C=O) groups is 2. The van der Waals surface area contributed by atoms with Crippen LogP contribution in [0.25, 0.3) is 5.76 Å². The summed E-state index contributed by atoms with van der Waals surface area (Å²) in [6.45, 7) is 9.82. The average Bonchev–Trinajstić information content (AvgIpc) is 3.22. The normalized spacial score (nSPS) is 16.3. The third kappa shape index (κ3) is 7.06. The van der Waals surface area contributed by atoms with Crippen LogP contribution in [0.5, 0.6) is 17.2 Å². The standard InChI is InChI=1S/C33H38N2O6/c1-5-17-40-26-12-9-24(10-13-26)31(36)29-30(35(33(38)32(29)37)21-23-8-7-16-34-20-23)25-11-14-27(28(19-25)39-6-2)41-18-15-22(3)4/h7-14,16,19-20,22,30,36H,5-6,15,17-18,21H2,1-4H3/b31-29+. The zero-order valence-corrected chi connectivity index (χ0v) is 24.1. The predicted molar refractivity (Wildman–Crippen MR) is 157 cm³/mol. The van der Waals surface area contributed by atoms with Gasteiger partial charge in [0.1, 0.15) is 11.5 Å². The third-order valence-corrected chi connectivity index (χ3v) is 6.75. The Bertz CT molecular complexity index is 1370. The van der Waals surface area contributed by atoms with E-state index in [9.17, 15) is 14.7 Å². The minimum Gasteiger partial charge on any atom is -0.507 e. The van der Waals surface area contributed by atoms with Crippen molar-refractivity contribution in [3.63, 3.8) is 0 Å². The first-order valence-electron chi connectivity index (χ1n) is 14.1. The second kappa shape index (κ2) is 13.8. The van der Waals surface area contributed by atoms with Gasteiger partial charge in [-0.2, -0.15) is 0 Å². The Balaban J connectivity index is 1.78. The number of pyridine rings is 1. The van der Waals surface area contributed by atoms with E-state index < -0.39 is 17.7 Å². The molecule has 0 saturated carbocycles. The number of ether oxygens (including phenoxy) is 3. The quantitative estimate of drug-likeness (QED) is 0.149. The van der Waals surface area contributed by atoms with Crippen LogP contribution in [0.4, 0.5) is 0 Å². The molecule has 1 amide bonds. The zero-order valence-electron chi connectivity index (χ0n) is 24.1. The van der Waals surface area contributed by atoms with Crippen LogP contribution in [-0.2, 0) is 16.1 Å². The fourth-order valence-corrected chi connectivity index (χ4v) is 4.65. The molecule has 0 bridgehead atoms. The van der Waals surface area contributed by atoms with Crippen molar-refractivity contribution >= 4 is 17.4 Å². The highest BCUT2D eigenvalue weighted by molar-refractivity contribution is 6.46. The second-order valence-electron chi connectivity index (χ2n) is 10.3. The van der Waals surface area contributed by atoms with E-state index in [0.29, 0.717) is 54.1 Å². The molecule has 0 radical (unpaired) electrons. The van der Waals surface area contributed by atoms with Crippen molar-refractivity contribution < 1.29 is 28.9 Å². The number of Topliss-reactive ketones (excluding diaryl/α,β-unsaturated/α-hetero) is 1. The summed E-state index contributed by atoms with van der Waals surface area (Å²) < 4.78 is 17.6. The molecule has 8 heteroatoms. The topological polar surface area (TPSA) is 98.2 Å². The molecule has 1 atom stereocenters. The molecule has 1 unspecified atom stereocenters. The highest BCUT2D eigenvalue weighted by Gasteiger charge is 2.46. The molecule has 2 aromatic carbocycles. The van der Waals surface area contributed by atoms with Crippen molar-refractivity contribution in [1.29, 1.82) is 0 Å². The molecular weight excluding hydrogens is 520 g/mol. The summed E-state index contributed by atoms with van der Waals surface area (Å²) in [6, 6.07) is 15.0. The number of aromatic nitrogens is 1. The van der Waals surface area contributed by atoms with Crippen LogP contribution in [0.3, 0.4) is 0 Å². The van der Waals surface area contributed by atoms with Gasteiger partial charge in [0, 0.05) is 24.5 Å². The average molecular weight is 559 g/mol. The largest absolute Gasteiger partial charge is 0.507 e. The monoisotopic (exact) mass is 558 g/mol. The summed E-state index contributed by atoms with van der Waals surface area (Å²) in [7, 11) is 0. The van der Waals surface area contributed by atoms with Gasteiger partial charge in [-0.3, -0.25) is 14.6 Å². The number of aliphatic hydroxyl groups is 1. The minimum atomic E-state index is -0.852. The lowest BCUT2D eigenvalue weighted by molar-refractivity contribution is -0.140. The van der Waals surface area contributed by atoms with Gasteiger partial charge in [-0.25, -0.2) is 0 Å². The van der Waals surface area contributed by atoms with Gasteiger partial charge in [0.05, 0.1) is 31.4 Å². The van der Waals surface area contributed by atoms with Gasteiger partial charge in [-0.05, 0) is 79.3 Å². The van der Waals surface area contributed by atoms with Gasteiger partial charge >= 0.3 is 0 Å². The Labute approximate surface area is 241 Å². The highest BCUT2D eigenvalue weighted by atomic mass is 16.5. The number of hydrogen-bond donors (Lipinski definition) is 1. The number of rotatable bonds is 13. The minimum absolute atomic E-state index is 0.0111. The van der Waals surface area contributed by atoms with Crippen molar-refractivity contribution in [2.45, 2.75) is 53.1 Å². The van der Waals surface area contributed by atoms with Crippen LogP contribution in [0, 0.1) is 5.92 Å². The Morgan fingerprint density at radius 1 is 0.976 bits per heavy atom. The highest BCUT2D eigenvalue weighted by Crippen LogP contribution is 2.43. The first kappa shape index (κ1) is 29.6. The molecule has 4 rings (SSSR count). The van der Waals surface area contributed by atoms with Crippen LogP contribution >= 0.6 is 0 Å². The van der Waals surface area contributed by atoms with Gasteiger partial charge in [-0.1, -0.05) is 32.9 Å². The molecule has 1 aliphatic heterocycles. The maximum absolute atomic E-state index is 13.5. The van der Waals surface area contributed by atoms with E-state index in [0.717, 1.165) is 18.4 Å². The number of likely N-dealkylation sites (tertiary alicyclic amines) is 1. The molecule has 8 nitrogen and oxygen atoms in total. The number of carbonyl (C=O) groups excluding carboxylic acids is 2. The van der Waals surface area contributed by atoms with Crippen LogP contribution in [-0.4, -0.2) is 46.5 Å². The molecule has 1 N–H and O–H groups in total. The van der Waals surface area contributed by atoms with E-state index >= 15 is 0 Å². The SMILES string of the molecule is CCCOc1ccc(/C(O)=C2\C(=O)C(=O)N(Cc3cccnc3)C2c2ccc(OCCC(C)C)c(OCC)c2)cc1. The number of benzene rings is 2. The van der Waals surface area contributed by atoms with E-state index in [1.165, 1.54) is 4.90 Å². The smallest absolute Gasteiger partial charge is 0.295 e. The summed E-state index contributed by atoms with van der Waals surface area (Å²) in [6.07, 6.45) is 5.06. The van der Waals surface area contributed by atoms with E-state index in [1.807, 2.05) is 26.0 Å². The number of ketones is 1. The maximum atomic E-state index is 13.5. The molecule has 1 fully saturated rings. The first-order valence-corrected chi connectivity index (χ1v) is 14.1. The zero-order chi connectivity index (χ0) is 29.4. The lowest BCUT2D eigenvalue weighted by Gasteiger charge is -2.26. The lowest BCUT2D eigenvalue weighted by Crippen LogP contribution is -2.29. The fraction of sp³-hybridized carbons (Fsp3) is 0.364. The molecular formula is C33H38N2O6. The van der Waals surface area contributed by atoms with Gasteiger partial charge in [0.15, 0.2) is 11.5 Å². The Morgan fingerprint density at radius 3 is 2.41 bits per heavy atom. The van der Waals surface area contributed by atoms with Crippen LogP contribution in [0.2, 0.25) is 0 Å². The number of aliphatic hydroxyl groups excluding tert-OH is 1. The van der Waals surface area contributed by atoms with Crippen molar-refractivity contribution in [2.24, 2.45) is 5.92 Å².